The first-order valence-electron chi connectivity index (χ1n) is 20.5. The Kier molecular flexibility index (Phi) is 8.87. The van der Waals surface area contributed by atoms with Crippen molar-refractivity contribution in [1.82, 2.24) is 0 Å². The second kappa shape index (κ2) is 15.1. The summed E-state index contributed by atoms with van der Waals surface area (Å²) in [5, 5.41) is 4.73. The van der Waals surface area contributed by atoms with E-state index in [1.54, 1.807) is 0 Å². The normalized spacial score (nSPS) is 11.3. The summed E-state index contributed by atoms with van der Waals surface area (Å²) in [6, 6.07) is 84.7. The van der Waals surface area contributed by atoms with Crippen molar-refractivity contribution in [3.05, 3.63) is 237 Å². The van der Waals surface area contributed by atoms with Gasteiger partial charge in [-0.2, -0.15) is 0 Å². The minimum Gasteiger partial charge on any atom is -0.455 e. The van der Waals surface area contributed by atoms with Gasteiger partial charge in [0.05, 0.1) is 0 Å². The Bertz CT molecular complexity index is 3290. The lowest BCUT2D eigenvalue weighted by Crippen LogP contribution is -2.10. The van der Waals surface area contributed by atoms with Gasteiger partial charge >= 0.3 is 0 Å². The van der Waals surface area contributed by atoms with Crippen molar-refractivity contribution in [3.8, 4) is 55.6 Å². The number of hydrogen-bond donors (Lipinski definition) is 0. The third-order valence-corrected chi connectivity index (χ3v) is 11.7. The van der Waals surface area contributed by atoms with Gasteiger partial charge in [-0.25, -0.2) is 0 Å². The molecule has 0 amide bonds. The fourth-order valence-corrected chi connectivity index (χ4v) is 8.73. The molecule has 11 rings (SSSR count). The highest BCUT2D eigenvalue weighted by molar-refractivity contribution is 6.13. The number of para-hydroxylation sites is 2. The maximum Gasteiger partial charge on any atom is 0.143 e. The molecule has 282 valence electrons. The van der Waals surface area contributed by atoms with Gasteiger partial charge in [0, 0.05) is 39.0 Å². The maximum atomic E-state index is 6.78. The van der Waals surface area contributed by atoms with Gasteiger partial charge in [-0.3, -0.25) is 0 Å². The number of fused-ring (bicyclic) bond motifs is 4. The average Bonchev–Trinajstić information content (AvgIpc) is 3.72. The van der Waals surface area contributed by atoms with Crippen molar-refractivity contribution in [3.63, 3.8) is 0 Å². The van der Waals surface area contributed by atoms with E-state index < -0.39 is 0 Å². The molecule has 0 saturated carbocycles. The van der Waals surface area contributed by atoms with E-state index in [0.717, 1.165) is 72.4 Å². The molecular formula is C58H39NO. The van der Waals surface area contributed by atoms with E-state index in [1.807, 2.05) is 6.07 Å². The van der Waals surface area contributed by atoms with E-state index in [2.05, 4.69) is 235 Å². The molecular weight excluding hydrogens is 727 g/mol. The van der Waals surface area contributed by atoms with Gasteiger partial charge < -0.3 is 9.32 Å². The van der Waals surface area contributed by atoms with Gasteiger partial charge in [0.2, 0.25) is 0 Å². The number of hydrogen-bond acceptors (Lipinski definition) is 2. The molecule has 2 nitrogen and oxygen atoms in total. The lowest BCUT2D eigenvalue weighted by Gasteiger charge is -2.26. The molecule has 0 unspecified atom stereocenters. The summed E-state index contributed by atoms with van der Waals surface area (Å²) in [6.45, 7) is 0. The third kappa shape index (κ3) is 6.41. The van der Waals surface area contributed by atoms with E-state index in [9.17, 15) is 0 Å². The van der Waals surface area contributed by atoms with Crippen molar-refractivity contribution in [2.24, 2.45) is 0 Å². The Hall–Kier alpha value is -7.94. The highest BCUT2D eigenvalue weighted by Crippen LogP contribution is 2.42. The quantitative estimate of drug-likeness (QED) is 0.153. The van der Waals surface area contributed by atoms with Crippen molar-refractivity contribution in [2.75, 3.05) is 4.90 Å². The highest BCUT2D eigenvalue weighted by Gasteiger charge is 2.18. The van der Waals surface area contributed by atoms with Crippen LogP contribution in [0, 0.1) is 0 Å². The van der Waals surface area contributed by atoms with E-state index in [-0.39, 0.29) is 0 Å². The Morgan fingerprint density at radius 2 is 0.683 bits per heavy atom. The van der Waals surface area contributed by atoms with Crippen molar-refractivity contribution >= 4 is 49.8 Å². The largest absolute Gasteiger partial charge is 0.455 e. The molecule has 2 heteroatoms. The van der Waals surface area contributed by atoms with Gasteiger partial charge in [0.15, 0.2) is 0 Å². The Balaban J connectivity index is 0.973. The van der Waals surface area contributed by atoms with Crippen molar-refractivity contribution in [2.45, 2.75) is 0 Å². The van der Waals surface area contributed by atoms with Crippen LogP contribution in [0.25, 0.3) is 88.3 Å². The monoisotopic (exact) mass is 765 g/mol. The van der Waals surface area contributed by atoms with Crippen molar-refractivity contribution < 1.29 is 4.42 Å². The molecule has 0 N–H and O–H groups in total. The maximum absolute atomic E-state index is 6.78. The molecule has 0 fully saturated rings. The molecule has 0 aliphatic rings. The SMILES string of the molecule is c1ccc(-c2ccc(N(c3ccc(-c4cccc(-c5cccc6c5oc5c(-c7ccccc7)cccc56)c4)cc3)c3cccc(-c4cccc5ccccc45)c3)cc2)cc1. The van der Waals surface area contributed by atoms with Crippen LogP contribution in [0.15, 0.2) is 241 Å². The summed E-state index contributed by atoms with van der Waals surface area (Å²) >= 11 is 0. The lowest BCUT2D eigenvalue weighted by atomic mass is 9.97. The molecule has 0 aliphatic heterocycles. The number of furan rings is 1. The first-order chi connectivity index (χ1) is 29.7. The number of anilines is 3. The molecule has 0 aliphatic carbocycles. The molecule has 11 aromatic rings. The molecule has 1 heterocycles. The topological polar surface area (TPSA) is 16.4 Å². The molecule has 1 aromatic heterocycles. The van der Waals surface area contributed by atoms with Crippen LogP contribution in [-0.4, -0.2) is 0 Å². The summed E-state index contributed by atoms with van der Waals surface area (Å²) in [4.78, 5) is 2.36. The smallest absolute Gasteiger partial charge is 0.143 e. The minimum absolute atomic E-state index is 0.906. The number of rotatable bonds is 8. The molecule has 0 spiro atoms. The van der Waals surface area contributed by atoms with Crippen LogP contribution < -0.4 is 4.90 Å². The molecule has 60 heavy (non-hydrogen) atoms. The van der Waals surface area contributed by atoms with Crippen LogP contribution in [0.5, 0.6) is 0 Å². The zero-order valence-electron chi connectivity index (χ0n) is 32.9. The Morgan fingerprint density at radius 3 is 1.37 bits per heavy atom. The zero-order chi connectivity index (χ0) is 39.8. The van der Waals surface area contributed by atoms with Crippen molar-refractivity contribution in [1.29, 1.82) is 0 Å². The van der Waals surface area contributed by atoms with Gasteiger partial charge in [0.25, 0.3) is 0 Å². The van der Waals surface area contributed by atoms with Crippen LogP contribution in [0.4, 0.5) is 17.1 Å². The van der Waals surface area contributed by atoms with Crippen LogP contribution in [-0.2, 0) is 0 Å². The second-order valence-corrected chi connectivity index (χ2v) is 15.3. The first kappa shape index (κ1) is 35.2. The van der Waals surface area contributed by atoms with Crippen LogP contribution in [0.1, 0.15) is 0 Å². The molecule has 0 atom stereocenters. The van der Waals surface area contributed by atoms with Crippen LogP contribution in [0.2, 0.25) is 0 Å². The minimum atomic E-state index is 0.906. The third-order valence-electron chi connectivity index (χ3n) is 11.7. The first-order valence-corrected chi connectivity index (χ1v) is 20.5. The fourth-order valence-electron chi connectivity index (χ4n) is 8.73. The molecule has 0 bridgehead atoms. The summed E-state index contributed by atoms with van der Waals surface area (Å²) in [5.74, 6) is 0. The standard InChI is InChI=1S/C58H39NO/c1-3-14-40(15-4-1)41-30-34-48(35-31-41)59(50-23-10-22-47(39-50)52-25-11-19-43-18-7-8-24-51(43)52)49-36-32-42(33-37-49)45-20-9-21-46(38-45)54-27-13-29-56-55-28-12-26-53(57(55)60-58(54)56)44-16-5-2-6-17-44/h1-39H. The number of nitrogens with zero attached hydrogens (tertiary/aromatic N) is 1. The predicted octanol–water partition coefficient (Wildman–Crippen LogP) is 16.5. The van der Waals surface area contributed by atoms with E-state index in [0.29, 0.717) is 0 Å². The summed E-state index contributed by atoms with van der Waals surface area (Å²) < 4.78 is 6.78. The predicted molar refractivity (Wildman–Crippen MR) is 253 cm³/mol. The Morgan fingerprint density at radius 1 is 0.250 bits per heavy atom. The molecule has 0 saturated heterocycles. The van der Waals surface area contributed by atoms with Gasteiger partial charge in [-0.1, -0.05) is 194 Å². The second-order valence-electron chi connectivity index (χ2n) is 15.3. The lowest BCUT2D eigenvalue weighted by molar-refractivity contribution is 0.671. The zero-order valence-corrected chi connectivity index (χ0v) is 32.9. The summed E-state index contributed by atoms with van der Waals surface area (Å²) in [7, 11) is 0. The summed E-state index contributed by atoms with van der Waals surface area (Å²) in [5.41, 5.74) is 16.6. The molecule has 10 aromatic carbocycles. The summed E-state index contributed by atoms with van der Waals surface area (Å²) in [6.07, 6.45) is 0. The highest BCUT2D eigenvalue weighted by atomic mass is 16.3. The average molecular weight is 766 g/mol. The van der Waals surface area contributed by atoms with E-state index in [1.165, 1.54) is 33.0 Å². The van der Waals surface area contributed by atoms with E-state index in [4.69, 9.17) is 4.42 Å². The van der Waals surface area contributed by atoms with Gasteiger partial charge in [-0.15, -0.1) is 0 Å². The van der Waals surface area contributed by atoms with Gasteiger partial charge in [-0.05, 0) is 97.7 Å². The van der Waals surface area contributed by atoms with E-state index >= 15 is 0 Å². The molecule has 0 radical (unpaired) electrons. The van der Waals surface area contributed by atoms with Crippen LogP contribution >= 0.6 is 0 Å². The Labute approximate surface area is 349 Å². The van der Waals surface area contributed by atoms with Gasteiger partial charge in [0.1, 0.15) is 11.2 Å². The number of benzene rings is 10. The fraction of sp³-hybridized carbons (Fsp3) is 0. The van der Waals surface area contributed by atoms with Crippen LogP contribution in [0.3, 0.4) is 0 Å².